The third kappa shape index (κ3) is 11.3. The third-order valence-electron chi connectivity index (χ3n) is 6.68. The van der Waals surface area contributed by atoms with Crippen molar-refractivity contribution < 1.29 is 10.2 Å². The summed E-state index contributed by atoms with van der Waals surface area (Å²) in [4.78, 5) is 0. The molecule has 0 fully saturated rings. The van der Waals surface area contributed by atoms with E-state index in [0.29, 0.717) is 13.0 Å². The zero-order chi connectivity index (χ0) is 23.7. The lowest BCUT2D eigenvalue weighted by Crippen LogP contribution is -2.33. The standard InChI is InChI=1S/C30H47NO2/c1-3-4-5-6-7-8-9-10-11-13-16-26-19-21-27(22-20-26)29(32)23-24-31-25(2)30(33)28-17-14-12-15-18-28/h12,14-15,17-22,25,29-33H,3-11,13,16,23-24H2,1-2H3. The van der Waals surface area contributed by atoms with Gasteiger partial charge >= 0.3 is 0 Å². The van der Waals surface area contributed by atoms with Gasteiger partial charge in [0.2, 0.25) is 0 Å². The van der Waals surface area contributed by atoms with Crippen molar-refractivity contribution in [3.63, 3.8) is 0 Å². The molecule has 0 spiro atoms. The predicted molar refractivity (Wildman–Crippen MR) is 140 cm³/mol. The minimum Gasteiger partial charge on any atom is -0.388 e. The maximum atomic E-state index is 10.5. The fourth-order valence-electron chi connectivity index (χ4n) is 4.39. The van der Waals surface area contributed by atoms with Crippen LogP contribution >= 0.6 is 0 Å². The van der Waals surface area contributed by atoms with Crippen molar-refractivity contribution >= 4 is 0 Å². The van der Waals surface area contributed by atoms with E-state index in [1.807, 2.05) is 37.3 Å². The van der Waals surface area contributed by atoms with Crippen molar-refractivity contribution in [3.05, 3.63) is 71.3 Å². The number of aliphatic hydroxyl groups excluding tert-OH is 2. The Labute approximate surface area is 202 Å². The van der Waals surface area contributed by atoms with Gasteiger partial charge in [-0.25, -0.2) is 0 Å². The fraction of sp³-hybridized carbons (Fsp3) is 0.600. The summed E-state index contributed by atoms with van der Waals surface area (Å²) in [5, 5.41) is 24.3. The van der Waals surface area contributed by atoms with Crippen LogP contribution in [0.15, 0.2) is 54.6 Å². The van der Waals surface area contributed by atoms with Gasteiger partial charge in [-0.2, -0.15) is 0 Å². The molecular weight excluding hydrogens is 406 g/mol. The van der Waals surface area contributed by atoms with Gasteiger partial charge in [0.15, 0.2) is 0 Å². The molecule has 0 aliphatic heterocycles. The average Bonchev–Trinajstić information content (AvgIpc) is 2.85. The Bertz CT molecular complexity index is 716. The molecule has 0 bridgehead atoms. The van der Waals surface area contributed by atoms with Gasteiger partial charge in [-0.15, -0.1) is 0 Å². The monoisotopic (exact) mass is 453 g/mol. The van der Waals surface area contributed by atoms with Gasteiger partial charge in [-0.05, 0) is 49.4 Å². The highest BCUT2D eigenvalue weighted by molar-refractivity contribution is 5.24. The summed E-state index contributed by atoms with van der Waals surface area (Å²) in [7, 11) is 0. The molecule has 0 aliphatic rings. The van der Waals surface area contributed by atoms with Gasteiger partial charge in [-0.3, -0.25) is 0 Å². The summed E-state index contributed by atoms with van der Waals surface area (Å²) in [6.45, 7) is 4.91. The Morgan fingerprint density at radius 1 is 0.697 bits per heavy atom. The van der Waals surface area contributed by atoms with Crippen LogP contribution in [0.1, 0.15) is 113 Å². The molecule has 0 amide bonds. The largest absolute Gasteiger partial charge is 0.388 e. The molecule has 2 aromatic carbocycles. The lowest BCUT2D eigenvalue weighted by Gasteiger charge is -2.21. The van der Waals surface area contributed by atoms with Crippen molar-refractivity contribution in [2.75, 3.05) is 6.54 Å². The average molecular weight is 454 g/mol. The molecule has 3 nitrogen and oxygen atoms in total. The zero-order valence-corrected chi connectivity index (χ0v) is 21.0. The van der Waals surface area contributed by atoms with E-state index in [9.17, 15) is 10.2 Å². The summed E-state index contributed by atoms with van der Waals surface area (Å²) in [5.74, 6) is 0. The van der Waals surface area contributed by atoms with Crippen LogP contribution in [0.5, 0.6) is 0 Å². The Hall–Kier alpha value is -1.68. The van der Waals surface area contributed by atoms with Crippen LogP contribution in [0, 0.1) is 0 Å². The first-order valence-electron chi connectivity index (χ1n) is 13.3. The molecule has 0 heterocycles. The number of nitrogens with one attached hydrogen (secondary N) is 1. The summed E-state index contributed by atoms with van der Waals surface area (Å²) < 4.78 is 0. The fourth-order valence-corrected chi connectivity index (χ4v) is 4.39. The van der Waals surface area contributed by atoms with Crippen molar-refractivity contribution in [2.45, 2.75) is 109 Å². The predicted octanol–water partition coefficient (Wildman–Crippen LogP) is 7.29. The van der Waals surface area contributed by atoms with Crippen molar-refractivity contribution in [1.29, 1.82) is 0 Å². The molecule has 0 aliphatic carbocycles. The van der Waals surface area contributed by atoms with Crippen molar-refractivity contribution in [2.24, 2.45) is 0 Å². The van der Waals surface area contributed by atoms with Gasteiger partial charge in [0.25, 0.3) is 0 Å². The molecule has 33 heavy (non-hydrogen) atoms. The summed E-state index contributed by atoms with van der Waals surface area (Å²) >= 11 is 0. The first-order chi connectivity index (χ1) is 16.1. The van der Waals surface area contributed by atoms with Crippen LogP contribution in [0.3, 0.4) is 0 Å². The lowest BCUT2D eigenvalue weighted by atomic mass is 10.0. The van der Waals surface area contributed by atoms with E-state index in [2.05, 4.69) is 36.5 Å². The second-order valence-corrected chi connectivity index (χ2v) is 9.58. The van der Waals surface area contributed by atoms with E-state index in [0.717, 1.165) is 17.5 Å². The molecule has 3 N–H and O–H groups in total. The smallest absolute Gasteiger partial charge is 0.0940 e. The zero-order valence-electron chi connectivity index (χ0n) is 21.0. The highest BCUT2D eigenvalue weighted by atomic mass is 16.3. The SMILES string of the molecule is CCCCCCCCCCCCc1ccc(C(O)CCNC(C)C(O)c2ccccc2)cc1. The van der Waals surface area contributed by atoms with E-state index < -0.39 is 12.2 Å². The minimum absolute atomic E-state index is 0.0666. The minimum atomic E-state index is -0.548. The maximum Gasteiger partial charge on any atom is 0.0940 e. The molecule has 3 atom stereocenters. The van der Waals surface area contributed by atoms with Crippen LogP contribution < -0.4 is 5.32 Å². The molecule has 0 saturated carbocycles. The van der Waals surface area contributed by atoms with Gasteiger partial charge in [0.05, 0.1) is 12.2 Å². The second-order valence-electron chi connectivity index (χ2n) is 9.58. The van der Waals surface area contributed by atoms with Crippen LogP contribution in [0.4, 0.5) is 0 Å². The molecule has 3 heteroatoms. The second kappa shape index (κ2) is 16.9. The molecule has 2 aromatic rings. The molecule has 0 aromatic heterocycles. The topological polar surface area (TPSA) is 52.5 Å². The highest BCUT2D eigenvalue weighted by Crippen LogP contribution is 2.20. The number of hydrogen-bond donors (Lipinski definition) is 3. The van der Waals surface area contributed by atoms with Crippen LogP contribution in [0.2, 0.25) is 0 Å². The lowest BCUT2D eigenvalue weighted by molar-refractivity contribution is 0.127. The number of benzene rings is 2. The highest BCUT2D eigenvalue weighted by Gasteiger charge is 2.16. The molecule has 0 radical (unpaired) electrons. The number of unbranched alkanes of at least 4 members (excludes halogenated alkanes) is 9. The third-order valence-corrected chi connectivity index (χ3v) is 6.68. The molecule has 0 saturated heterocycles. The van der Waals surface area contributed by atoms with Gasteiger partial charge < -0.3 is 15.5 Å². The number of hydrogen-bond acceptors (Lipinski definition) is 3. The normalized spacial score (nSPS) is 14.2. The van der Waals surface area contributed by atoms with Crippen LogP contribution in [-0.4, -0.2) is 22.8 Å². The van der Waals surface area contributed by atoms with Gasteiger partial charge in [-0.1, -0.05) is 119 Å². The van der Waals surface area contributed by atoms with E-state index in [-0.39, 0.29) is 6.04 Å². The van der Waals surface area contributed by atoms with Crippen LogP contribution in [-0.2, 0) is 6.42 Å². The van der Waals surface area contributed by atoms with E-state index >= 15 is 0 Å². The Balaban J connectivity index is 1.57. The number of aryl methyl sites for hydroxylation is 1. The van der Waals surface area contributed by atoms with Gasteiger partial charge in [0, 0.05) is 6.04 Å². The Morgan fingerprint density at radius 2 is 1.27 bits per heavy atom. The van der Waals surface area contributed by atoms with Crippen LogP contribution in [0.25, 0.3) is 0 Å². The van der Waals surface area contributed by atoms with Crippen molar-refractivity contribution in [3.8, 4) is 0 Å². The Kier molecular flexibility index (Phi) is 14.1. The quantitative estimate of drug-likeness (QED) is 0.208. The molecular formula is C30H47NO2. The summed E-state index contributed by atoms with van der Waals surface area (Å²) in [6, 6.07) is 18.1. The molecule has 2 rings (SSSR count). The maximum absolute atomic E-state index is 10.5. The Morgan fingerprint density at radius 3 is 1.88 bits per heavy atom. The van der Waals surface area contributed by atoms with E-state index in [4.69, 9.17) is 0 Å². The van der Waals surface area contributed by atoms with Crippen molar-refractivity contribution in [1.82, 2.24) is 5.32 Å². The first-order valence-corrected chi connectivity index (χ1v) is 13.3. The van der Waals surface area contributed by atoms with E-state index in [1.54, 1.807) is 0 Å². The summed E-state index contributed by atoms with van der Waals surface area (Å²) in [5.41, 5.74) is 3.25. The van der Waals surface area contributed by atoms with Gasteiger partial charge in [0.1, 0.15) is 0 Å². The first kappa shape index (κ1) is 27.6. The molecule has 3 unspecified atom stereocenters. The number of aliphatic hydroxyl groups is 2. The number of rotatable bonds is 18. The summed E-state index contributed by atoms with van der Waals surface area (Å²) in [6.07, 6.45) is 14.4. The molecule has 184 valence electrons. The van der Waals surface area contributed by atoms with E-state index in [1.165, 1.54) is 69.8 Å².